The number of piperidine rings is 2. The van der Waals surface area contributed by atoms with Crippen molar-refractivity contribution in [3.8, 4) is 0 Å². The van der Waals surface area contributed by atoms with E-state index in [2.05, 4.69) is 17.3 Å². The van der Waals surface area contributed by atoms with Crippen LogP contribution >= 0.6 is 0 Å². The van der Waals surface area contributed by atoms with Gasteiger partial charge in [-0.05, 0) is 45.8 Å². The maximum Gasteiger partial charge on any atom is 0.226 e. The van der Waals surface area contributed by atoms with Gasteiger partial charge >= 0.3 is 0 Å². The summed E-state index contributed by atoms with van der Waals surface area (Å²) in [6.07, 6.45) is 4.37. The molecule has 2 aliphatic heterocycles. The summed E-state index contributed by atoms with van der Waals surface area (Å²) >= 11 is 0. The molecular weight excluding hydrogens is 188 g/mol. The number of carbonyl (C=O) groups is 1. The fourth-order valence-corrected chi connectivity index (χ4v) is 2.45. The summed E-state index contributed by atoms with van der Waals surface area (Å²) in [5.74, 6) is 0.312. The number of likely N-dealkylation sites (tertiary alicyclic amines) is 1. The summed E-state index contributed by atoms with van der Waals surface area (Å²) in [6.45, 7) is 7.04. The molecule has 0 aromatic carbocycles. The highest BCUT2D eigenvalue weighted by molar-refractivity contribution is 5.83. The van der Waals surface area contributed by atoms with Crippen LogP contribution in [-0.2, 0) is 4.79 Å². The van der Waals surface area contributed by atoms with Crippen molar-refractivity contribution in [2.24, 2.45) is 5.41 Å². The Morgan fingerprint density at radius 3 is 2.33 bits per heavy atom. The van der Waals surface area contributed by atoms with Crippen molar-refractivity contribution in [2.45, 2.75) is 39.5 Å². The quantitative estimate of drug-likeness (QED) is 0.662. The molecule has 2 heterocycles. The summed E-state index contributed by atoms with van der Waals surface area (Å²) in [5.41, 5.74) is 0.00472. The third-order valence-electron chi connectivity index (χ3n) is 3.54. The van der Waals surface area contributed by atoms with Gasteiger partial charge in [0.25, 0.3) is 0 Å². The molecule has 0 atom stereocenters. The molecule has 0 radical (unpaired) electrons. The number of nitrogens with zero attached hydrogens (tertiary/aromatic N) is 1. The van der Waals surface area contributed by atoms with Crippen LogP contribution in [0.3, 0.4) is 0 Å². The topological polar surface area (TPSA) is 32.3 Å². The zero-order chi connectivity index (χ0) is 11.3. The predicted octanol–water partition coefficient (Wildman–Crippen LogP) is 1.63. The smallest absolute Gasteiger partial charge is 0.226 e. The number of hydrogen-bond acceptors (Lipinski definition) is 2. The Balaban J connectivity index is 0.000000531. The third kappa shape index (κ3) is 2.71. The van der Waals surface area contributed by atoms with Crippen LogP contribution in [0.5, 0.6) is 0 Å². The number of hydrogen-bond donors (Lipinski definition) is 1. The number of rotatable bonds is 0. The van der Waals surface area contributed by atoms with Crippen molar-refractivity contribution >= 4 is 5.91 Å². The highest BCUT2D eigenvalue weighted by atomic mass is 16.2. The first-order valence-electron chi connectivity index (χ1n) is 6.20. The molecule has 2 fully saturated rings. The molecule has 0 aromatic rings. The SMILES string of the molecule is CC.CN1CCC2(CCCNC2=O)CC1. The van der Waals surface area contributed by atoms with Gasteiger partial charge in [0.1, 0.15) is 0 Å². The van der Waals surface area contributed by atoms with Gasteiger partial charge in [-0.1, -0.05) is 13.8 Å². The van der Waals surface area contributed by atoms with Crippen molar-refractivity contribution in [3.05, 3.63) is 0 Å². The average Bonchev–Trinajstić information content (AvgIpc) is 2.29. The molecule has 2 saturated heterocycles. The highest BCUT2D eigenvalue weighted by Gasteiger charge is 2.41. The van der Waals surface area contributed by atoms with Crippen molar-refractivity contribution in [1.82, 2.24) is 10.2 Å². The van der Waals surface area contributed by atoms with Gasteiger partial charge in [0.2, 0.25) is 5.91 Å². The van der Waals surface area contributed by atoms with Crippen molar-refractivity contribution in [3.63, 3.8) is 0 Å². The second-order valence-electron chi connectivity index (χ2n) is 4.44. The summed E-state index contributed by atoms with van der Waals surface area (Å²) in [6, 6.07) is 0. The van der Waals surface area contributed by atoms with Crippen LogP contribution in [0.2, 0.25) is 0 Å². The van der Waals surface area contributed by atoms with Crippen molar-refractivity contribution in [1.29, 1.82) is 0 Å². The fraction of sp³-hybridized carbons (Fsp3) is 0.917. The normalized spacial score (nSPS) is 25.4. The van der Waals surface area contributed by atoms with Gasteiger partial charge in [-0.3, -0.25) is 4.79 Å². The van der Waals surface area contributed by atoms with E-state index in [1.54, 1.807) is 0 Å². The molecule has 88 valence electrons. The predicted molar refractivity (Wildman–Crippen MR) is 62.8 cm³/mol. The number of nitrogens with one attached hydrogen (secondary N) is 1. The minimum Gasteiger partial charge on any atom is -0.356 e. The zero-order valence-corrected chi connectivity index (χ0v) is 10.3. The summed E-state index contributed by atoms with van der Waals surface area (Å²) in [4.78, 5) is 14.1. The molecule has 0 unspecified atom stereocenters. The molecule has 0 saturated carbocycles. The Bertz CT molecular complexity index is 208. The van der Waals surface area contributed by atoms with E-state index in [0.29, 0.717) is 5.91 Å². The third-order valence-corrected chi connectivity index (χ3v) is 3.54. The van der Waals surface area contributed by atoms with Crippen LogP contribution in [0.15, 0.2) is 0 Å². The van der Waals surface area contributed by atoms with Crippen LogP contribution in [-0.4, -0.2) is 37.5 Å². The van der Waals surface area contributed by atoms with Gasteiger partial charge in [0.05, 0.1) is 5.41 Å². The van der Waals surface area contributed by atoms with E-state index in [4.69, 9.17) is 0 Å². The van der Waals surface area contributed by atoms with E-state index in [1.165, 1.54) is 0 Å². The Morgan fingerprint density at radius 2 is 1.80 bits per heavy atom. The van der Waals surface area contributed by atoms with Gasteiger partial charge in [0.15, 0.2) is 0 Å². The molecule has 2 aliphatic rings. The lowest BCUT2D eigenvalue weighted by Gasteiger charge is -2.41. The Labute approximate surface area is 93.2 Å². The number of amides is 1. The second kappa shape index (κ2) is 5.50. The molecule has 3 nitrogen and oxygen atoms in total. The molecule has 15 heavy (non-hydrogen) atoms. The molecular formula is C12H24N2O. The average molecular weight is 212 g/mol. The van der Waals surface area contributed by atoms with Gasteiger partial charge < -0.3 is 10.2 Å². The molecule has 3 heteroatoms. The van der Waals surface area contributed by atoms with Crippen LogP contribution in [0.25, 0.3) is 0 Å². The monoisotopic (exact) mass is 212 g/mol. The molecule has 1 spiro atoms. The fourth-order valence-electron chi connectivity index (χ4n) is 2.45. The molecule has 0 aliphatic carbocycles. The van der Waals surface area contributed by atoms with E-state index in [-0.39, 0.29) is 5.41 Å². The standard InChI is InChI=1S/C10H18N2O.C2H6/c1-12-7-4-10(5-8-12)3-2-6-11-9(10)13;1-2/h2-8H2,1H3,(H,11,13);1-2H3. The van der Waals surface area contributed by atoms with Crippen molar-refractivity contribution < 1.29 is 4.79 Å². The maximum atomic E-state index is 11.7. The first kappa shape index (κ1) is 12.5. The van der Waals surface area contributed by atoms with Crippen molar-refractivity contribution in [2.75, 3.05) is 26.7 Å². The minimum absolute atomic E-state index is 0.00472. The lowest BCUT2D eigenvalue weighted by molar-refractivity contribution is -0.136. The lowest BCUT2D eigenvalue weighted by Crippen LogP contribution is -2.51. The van der Waals surface area contributed by atoms with Crippen LogP contribution < -0.4 is 5.32 Å². The second-order valence-corrected chi connectivity index (χ2v) is 4.44. The molecule has 2 rings (SSSR count). The van der Waals surface area contributed by atoms with E-state index >= 15 is 0 Å². The van der Waals surface area contributed by atoms with E-state index in [1.807, 2.05) is 13.8 Å². The number of carbonyl (C=O) groups excluding carboxylic acids is 1. The molecule has 0 aromatic heterocycles. The van der Waals surface area contributed by atoms with Gasteiger partial charge in [-0.2, -0.15) is 0 Å². The Kier molecular flexibility index (Phi) is 4.58. The Hall–Kier alpha value is -0.570. The van der Waals surface area contributed by atoms with Crippen LogP contribution in [0.4, 0.5) is 0 Å². The highest BCUT2D eigenvalue weighted by Crippen LogP contribution is 2.37. The van der Waals surface area contributed by atoms with E-state index in [9.17, 15) is 4.79 Å². The Morgan fingerprint density at radius 1 is 1.20 bits per heavy atom. The minimum atomic E-state index is 0.00472. The van der Waals surface area contributed by atoms with Crippen LogP contribution in [0, 0.1) is 5.41 Å². The first-order chi connectivity index (χ1) is 7.23. The lowest BCUT2D eigenvalue weighted by atomic mass is 9.72. The summed E-state index contributed by atoms with van der Waals surface area (Å²) in [5, 5.41) is 3.00. The van der Waals surface area contributed by atoms with E-state index < -0.39 is 0 Å². The first-order valence-corrected chi connectivity index (χ1v) is 6.20. The maximum absolute atomic E-state index is 11.7. The van der Waals surface area contributed by atoms with Gasteiger partial charge in [-0.15, -0.1) is 0 Å². The van der Waals surface area contributed by atoms with E-state index in [0.717, 1.165) is 45.3 Å². The largest absolute Gasteiger partial charge is 0.356 e. The molecule has 1 N–H and O–H groups in total. The summed E-state index contributed by atoms with van der Waals surface area (Å²) < 4.78 is 0. The molecule has 0 bridgehead atoms. The molecule has 1 amide bonds. The zero-order valence-electron chi connectivity index (χ0n) is 10.3. The summed E-state index contributed by atoms with van der Waals surface area (Å²) in [7, 11) is 2.13. The van der Waals surface area contributed by atoms with Gasteiger partial charge in [0, 0.05) is 6.54 Å². The van der Waals surface area contributed by atoms with Gasteiger partial charge in [-0.25, -0.2) is 0 Å². The van der Waals surface area contributed by atoms with Crippen LogP contribution in [0.1, 0.15) is 39.5 Å².